The van der Waals surface area contributed by atoms with Crippen LogP contribution in [0.25, 0.3) is 0 Å². The topological polar surface area (TPSA) is 102 Å². The van der Waals surface area contributed by atoms with Crippen molar-refractivity contribution in [3.05, 3.63) is 41.4 Å². The molecule has 0 saturated heterocycles. The van der Waals surface area contributed by atoms with Crippen LogP contribution in [-0.2, 0) is 9.59 Å². The quantitative estimate of drug-likeness (QED) is 0.824. The summed E-state index contributed by atoms with van der Waals surface area (Å²) < 4.78 is 11.3. The van der Waals surface area contributed by atoms with Crippen LogP contribution in [0.5, 0.6) is 11.5 Å². The van der Waals surface area contributed by atoms with Crippen LogP contribution >= 0.6 is 11.6 Å². The summed E-state index contributed by atoms with van der Waals surface area (Å²) in [6, 6.07) is 4.82. The Morgan fingerprint density at radius 3 is 2.85 bits per heavy atom. The molecule has 2 heterocycles. The second kappa shape index (κ2) is 7.57. The fraction of sp³-hybridized carbons (Fsp3) is 0.294. The Morgan fingerprint density at radius 2 is 2.15 bits per heavy atom. The first-order valence-electron chi connectivity index (χ1n) is 7.88. The van der Waals surface area contributed by atoms with Crippen molar-refractivity contribution in [2.75, 3.05) is 18.1 Å². The second-order valence-corrected chi connectivity index (χ2v) is 6.00. The highest BCUT2D eigenvalue weighted by Crippen LogP contribution is 2.41. The van der Waals surface area contributed by atoms with E-state index in [9.17, 15) is 9.59 Å². The monoisotopic (exact) mass is 377 g/mol. The first-order chi connectivity index (χ1) is 12.5. The molecule has 0 saturated carbocycles. The molecular weight excluding hydrogens is 362 g/mol. The van der Waals surface area contributed by atoms with Gasteiger partial charge in [0.1, 0.15) is 11.5 Å². The van der Waals surface area contributed by atoms with Crippen molar-refractivity contribution in [1.29, 1.82) is 0 Å². The summed E-state index contributed by atoms with van der Waals surface area (Å²) >= 11 is 6.29. The van der Waals surface area contributed by atoms with E-state index in [0.29, 0.717) is 23.0 Å². The van der Waals surface area contributed by atoms with E-state index in [1.165, 1.54) is 11.0 Å². The van der Waals surface area contributed by atoms with Gasteiger partial charge >= 0.3 is 5.97 Å². The van der Waals surface area contributed by atoms with E-state index in [1.807, 2.05) is 0 Å². The van der Waals surface area contributed by atoms with Gasteiger partial charge in [-0.05, 0) is 19.1 Å². The van der Waals surface area contributed by atoms with Crippen LogP contribution < -0.4 is 14.4 Å². The van der Waals surface area contributed by atoms with Gasteiger partial charge in [0, 0.05) is 25.0 Å². The zero-order chi connectivity index (χ0) is 18.7. The molecule has 0 bridgehead atoms. The van der Waals surface area contributed by atoms with Gasteiger partial charge in [-0.1, -0.05) is 11.6 Å². The lowest BCUT2D eigenvalue weighted by atomic mass is 10.2. The molecule has 9 heteroatoms. The fourth-order valence-corrected chi connectivity index (χ4v) is 2.71. The molecule has 8 nitrogen and oxygen atoms in total. The van der Waals surface area contributed by atoms with Crippen LogP contribution in [0.2, 0.25) is 5.02 Å². The molecule has 1 aromatic heterocycles. The summed E-state index contributed by atoms with van der Waals surface area (Å²) in [5.74, 6) is -0.0583. The normalized spacial score (nSPS) is 14.4. The molecule has 1 amide bonds. The number of hydrogen-bond acceptors (Lipinski definition) is 6. The van der Waals surface area contributed by atoms with Crippen molar-refractivity contribution in [2.24, 2.45) is 0 Å². The van der Waals surface area contributed by atoms with E-state index in [1.54, 1.807) is 31.5 Å². The number of anilines is 1. The van der Waals surface area contributed by atoms with Crippen molar-refractivity contribution in [2.45, 2.75) is 19.4 Å². The first kappa shape index (κ1) is 17.9. The number of nitrogens with zero attached hydrogens (tertiary/aromatic N) is 3. The maximum atomic E-state index is 12.0. The highest BCUT2D eigenvalue weighted by atomic mass is 35.5. The Kier molecular flexibility index (Phi) is 5.22. The van der Waals surface area contributed by atoms with E-state index in [4.69, 9.17) is 26.2 Å². The number of halogens is 1. The summed E-state index contributed by atoms with van der Waals surface area (Å²) in [5.41, 5.74) is 0.420. The minimum atomic E-state index is -0.992. The van der Waals surface area contributed by atoms with Crippen LogP contribution in [0.1, 0.15) is 25.3 Å². The molecular formula is C17H16ClN3O5. The molecule has 1 aliphatic rings. The van der Waals surface area contributed by atoms with Gasteiger partial charge < -0.3 is 19.5 Å². The Bertz CT molecular complexity index is 831. The first-order valence-corrected chi connectivity index (χ1v) is 8.25. The lowest BCUT2D eigenvalue weighted by Crippen LogP contribution is -2.40. The van der Waals surface area contributed by atoms with E-state index >= 15 is 0 Å². The molecule has 1 N–H and O–H groups in total. The number of fused-ring (bicyclic) bond motifs is 1. The predicted molar refractivity (Wildman–Crippen MR) is 92.6 cm³/mol. The molecule has 3 rings (SSSR count). The van der Waals surface area contributed by atoms with Crippen molar-refractivity contribution < 1.29 is 24.2 Å². The summed E-state index contributed by atoms with van der Waals surface area (Å²) in [5, 5.41) is 9.13. The average Bonchev–Trinajstić information content (AvgIpc) is 2.62. The third kappa shape index (κ3) is 3.85. The van der Waals surface area contributed by atoms with Crippen LogP contribution in [0.3, 0.4) is 0 Å². The number of ether oxygens (including phenoxy) is 2. The third-order valence-electron chi connectivity index (χ3n) is 3.76. The molecule has 1 unspecified atom stereocenters. The Balaban J connectivity index is 1.85. The van der Waals surface area contributed by atoms with E-state index in [2.05, 4.69) is 9.97 Å². The van der Waals surface area contributed by atoms with Crippen LogP contribution in [0, 0.1) is 0 Å². The molecule has 1 aliphatic heterocycles. The predicted octanol–water partition coefficient (Wildman–Crippen LogP) is 2.47. The minimum absolute atomic E-state index is 0.0370. The van der Waals surface area contributed by atoms with E-state index in [0.717, 1.165) is 0 Å². The second-order valence-electron chi connectivity index (χ2n) is 5.60. The van der Waals surface area contributed by atoms with Crippen molar-refractivity contribution in [3.63, 3.8) is 0 Å². The third-order valence-corrected chi connectivity index (χ3v) is 4.05. The molecule has 1 atom stereocenters. The standard InChI is InChI=1S/C17H16ClN3O5/c1-10(17-19-4-2-5-20-17)26-13-8-14-12(7-11(13)18)21(6-3-16(23)24)15(22)9-25-14/h2,4-5,7-8,10H,3,6,9H2,1H3,(H,23,24). The summed E-state index contributed by atoms with van der Waals surface area (Å²) in [6.45, 7) is 1.65. The van der Waals surface area contributed by atoms with Gasteiger partial charge in [0.2, 0.25) is 0 Å². The minimum Gasteiger partial charge on any atom is -0.481 e. The Hall–Kier alpha value is -2.87. The smallest absolute Gasteiger partial charge is 0.305 e. The van der Waals surface area contributed by atoms with Crippen LogP contribution in [0.4, 0.5) is 5.69 Å². The SMILES string of the molecule is CC(Oc1cc2c(cc1Cl)N(CCC(=O)O)C(=O)CO2)c1ncccn1. The lowest BCUT2D eigenvalue weighted by molar-refractivity contribution is -0.136. The largest absolute Gasteiger partial charge is 0.481 e. The Morgan fingerprint density at radius 1 is 1.42 bits per heavy atom. The maximum absolute atomic E-state index is 12.0. The molecule has 0 fully saturated rings. The van der Waals surface area contributed by atoms with E-state index < -0.39 is 12.1 Å². The van der Waals surface area contributed by atoms with Crippen LogP contribution in [0.15, 0.2) is 30.6 Å². The van der Waals surface area contributed by atoms with Gasteiger partial charge in [-0.15, -0.1) is 0 Å². The van der Waals surface area contributed by atoms with Gasteiger partial charge in [0.25, 0.3) is 5.91 Å². The van der Waals surface area contributed by atoms with E-state index in [-0.39, 0.29) is 30.5 Å². The summed E-state index contributed by atoms with van der Waals surface area (Å²) in [4.78, 5) is 32.5. The van der Waals surface area contributed by atoms with Gasteiger partial charge in [-0.2, -0.15) is 0 Å². The molecule has 1 aromatic carbocycles. The van der Waals surface area contributed by atoms with Gasteiger partial charge in [0.05, 0.1) is 17.1 Å². The number of carboxylic acids is 1. The van der Waals surface area contributed by atoms with Crippen LogP contribution in [-0.4, -0.2) is 40.1 Å². The molecule has 0 radical (unpaired) electrons. The number of carbonyl (C=O) groups is 2. The molecule has 2 aromatic rings. The Labute approximate surface area is 154 Å². The number of aliphatic carboxylic acids is 1. The highest BCUT2D eigenvalue weighted by molar-refractivity contribution is 6.32. The number of carbonyl (C=O) groups excluding carboxylic acids is 1. The summed E-state index contributed by atoms with van der Waals surface area (Å²) in [6.07, 6.45) is 2.61. The zero-order valence-corrected chi connectivity index (χ0v) is 14.6. The molecule has 0 spiro atoms. The number of amides is 1. The maximum Gasteiger partial charge on any atom is 0.305 e. The summed E-state index contributed by atoms with van der Waals surface area (Å²) in [7, 11) is 0. The van der Waals surface area contributed by atoms with Crippen molar-refractivity contribution >= 4 is 29.2 Å². The average molecular weight is 378 g/mol. The van der Waals surface area contributed by atoms with Gasteiger partial charge in [0.15, 0.2) is 18.5 Å². The van der Waals surface area contributed by atoms with Crippen molar-refractivity contribution in [1.82, 2.24) is 9.97 Å². The molecule has 0 aliphatic carbocycles. The number of aromatic nitrogens is 2. The number of carboxylic acid groups (broad SMARTS) is 1. The number of benzene rings is 1. The zero-order valence-electron chi connectivity index (χ0n) is 13.9. The number of rotatable bonds is 6. The number of hydrogen-bond donors (Lipinski definition) is 1. The molecule has 136 valence electrons. The fourth-order valence-electron chi connectivity index (χ4n) is 2.51. The molecule has 26 heavy (non-hydrogen) atoms. The van der Waals surface area contributed by atoms with Crippen molar-refractivity contribution in [3.8, 4) is 11.5 Å². The van der Waals surface area contributed by atoms with Gasteiger partial charge in [-0.25, -0.2) is 9.97 Å². The highest BCUT2D eigenvalue weighted by Gasteiger charge is 2.28. The lowest BCUT2D eigenvalue weighted by Gasteiger charge is -2.30. The van der Waals surface area contributed by atoms with Gasteiger partial charge in [-0.3, -0.25) is 9.59 Å².